The van der Waals surface area contributed by atoms with Gasteiger partial charge in [-0.3, -0.25) is 0 Å². The number of hydrogen-bond acceptors (Lipinski definition) is 4. The summed E-state index contributed by atoms with van der Waals surface area (Å²) in [6.45, 7) is 6.01. The predicted molar refractivity (Wildman–Crippen MR) is 78.6 cm³/mol. The quantitative estimate of drug-likeness (QED) is 0.733. The van der Waals surface area contributed by atoms with E-state index in [1.807, 2.05) is 26.8 Å². The summed E-state index contributed by atoms with van der Waals surface area (Å²) in [6, 6.07) is 7.64. The molecule has 0 radical (unpaired) electrons. The molecular weight excluding hydrogens is 250 g/mol. The zero-order valence-electron chi connectivity index (χ0n) is 11.7. The molecule has 0 amide bonds. The van der Waals surface area contributed by atoms with Gasteiger partial charge in [-0.2, -0.15) is 0 Å². The third kappa shape index (κ3) is 1.99. The molecule has 3 rings (SSSR count). The van der Waals surface area contributed by atoms with Crippen LogP contribution in [0.3, 0.4) is 0 Å². The number of aryl methyl sites for hydroxylation is 3. The van der Waals surface area contributed by atoms with E-state index in [-0.39, 0.29) is 0 Å². The largest absolute Gasteiger partial charge is 0.508 e. The molecule has 4 heteroatoms. The molecule has 0 spiro atoms. The zero-order chi connectivity index (χ0) is 14.3. The maximum atomic E-state index is 9.66. The van der Waals surface area contributed by atoms with Crippen molar-refractivity contribution in [3.8, 4) is 16.9 Å². The molecule has 0 unspecified atom stereocenters. The van der Waals surface area contributed by atoms with Gasteiger partial charge >= 0.3 is 0 Å². The first-order chi connectivity index (χ1) is 9.56. The fourth-order valence-electron chi connectivity index (χ4n) is 2.72. The van der Waals surface area contributed by atoms with Crippen molar-refractivity contribution in [2.45, 2.75) is 20.8 Å². The SMILES string of the molecule is Cc1cc(O)cc(C)c1-c1cc(C)c2ncnnc2c1. The lowest BCUT2D eigenvalue weighted by molar-refractivity contribution is 0.474. The molecule has 1 N–H and O–H groups in total. The molecule has 0 aliphatic rings. The highest BCUT2D eigenvalue weighted by molar-refractivity contribution is 5.85. The van der Waals surface area contributed by atoms with Crippen LogP contribution in [0.5, 0.6) is 5.75 Å². The number of hydrogen-bond donors (Lipinski definition) is 1. The van der Waals surface area contributed by atoms with Gasteiger partial charge in [0.05, 0.1) is 5.52 Å². The number of rotatable bonds is 1. The lowest BCUT2D eigenvalue weighted by Crippen LogP contribution is -1.93. The third-order valence-corrected chi connectivity index (χ3v) is 3.49. The number of benzene rings is 2. The van der Waals surface area contributed by atoms with Crippen molar-refractivity contribution in [3.05, 3.63) is 47.3 Å². The van der Waals surface area contributed by atoms with Crippen LogP contribution in [0.2, 0.25) is 0 Å². The Kier molecular flexibility index (Phi) is 2.86. The highest BCUT2D eigenvalue weighted by Gasteiger charge is 2.10. The summed E-state index contributed by atoms with van der Waals surface area (Å²) in [7, 11) is 0. The van der Waals surface area contributed by atoms with Gasteiger partial charge in [-0.25, -0.2) is 4.98 Å². The standard InChI is InChI=1S/C16H15N3O/c1-9-5-13(20)6-10(2)15(9)12-4-11(3)16-14(7-12)19-18-8-17-16/h4-8,20H,1-3H3. The van der Waals surface area contributed by atoms with Crippen molar-refractivity contribution >= 4 is 11.0 Å². The van der Waals surface area contributed by atoms with E-state index in [1.165, 1.54) is 6.33 Å². The van der Waals surface area contributed by atoms with E-state index in [0.717, 1.165) is 38.9 Å². The summed E-state index contributed by atoms with van der Waals surface area (Å²) in [6.07, 6.45) is 1.46. The molecule has 0 aliphatic heterocycles. The second-order valence-corrected chi connectivity index (χ2v) is 5.08. The van der Waals surface area contributed by atoms with Crippen LogP contribution in [0.25, 0.3) is 22.2 Å². The minimum Gasteiger partial charge on any atom is -0.508 e. The number of nitrogens with zero attached hydrogens (tertiary/aromatic N) is 3. The Bertz CT molecular complexity index is 789. The van der Waals surface area contributed by atoms with Gasteiger partial charge in [0.1, 0.15) is 17.6 Å². The fourth-order valence-corrected chi connectivity index (χ4v) is 2.72. The summed E-state index contributed by atoms with van der Waals surface area (Å²) >= 11 is 0. The van der Waals surface area contributed by atoms with Gasteiger partial charge in [-0.1, -0.05) is 0 Å². The van der Waals surface area contributed by atoms with E-state index in [0.29, 0.717) is 5.75 Å². The van der Waals surface area contributed by atoms with E-state index in [1.54, 1.807) is 12.1 Å². The molecule has 0 aliphatic carbocycles. The Morgan fingerprint density at radius 2 is 1.60 bits per heavy atom. The summed E-state index contributed by atoms with van der Waals surface area (Å²) in [5.41, 5.74) is 7.01. The molecule has 4 nitrogen and oxygen atoms in total. The highest BCUT2D eigenvalue weighted by Crippen LogP contribution is 2.32. The van der Waals surface area contributed by atoms with Gasteiger partial charge in [0.15, 0.2) is 0 Å². The van der Waals surface area contributed by atoms with E-state index in [9.17, 15) is 5.11 Å². The van der Waals surface area contributed by atoms with Crippen molar-refractivity contribution < 1.29 is 5.11 Å². The van der Waals surface area contributed by atoms with Gasteiger partial charge in [0.2, 0.25) is 0 Å². The molecule has 0 saturated carbocycles. The van der Waals surface area contributed by atoms with Crippen LogP contribution >= 0.6 is 0 Å². The van der Waals surface area contributed by atoms with Gasteiger partial charge in [-0.05, 0) is 72.9 Å². The molecule has 0 saturated heterocycles. The molecule has 20 heavy (non-hydrogen) atoms. The molecule has 2 aromatic carbocycles. The number of phenols is 1. The van der Waals surface area contributed by atoms with Crippen LogP contribution < -0.4 is 0 Å². The van der Waals surface area contributed by atoms with Crippen LogP contribution in [0.1, 0.15) is 16.7 Å². The molecule has 1 aromatic heterocycles. The van der Waals surface area contributed by atoms with E-state index < -0.39 is 0 Å². The average Bonchev–Trinajstić information content (AvgIpc) is 2.37. The van der Waals surface area contributed by atoms with Crippen molar-refractivity contribution in [1.82, 2.24) is 15.2 Å². The van der Waals surface area contributed by atoms with E-state index >= 15 is 0 Å². The Morgan fingerprint density at radius 1 is 0.900 bits per heavy atom. The lowest BCUT2D eigenvalue weighted by atomic mass is 9.94. The summed E-state index contributed by atoms with van der Waals surface area (Å²) in [5.74, 6) is 0.294. The topological polar surface area (TPSA) is 58.9 Å². The van der Waals surface area contributed by atoms with E-state index in [2.05, 4.69) is 21.2 Å². The number of aromatic nitrogens is 3. The molecule has 3 aromatic rings. The van der Waals surface area contributed by atoms with Crippen molar-refractivity contribution in [2.24, 2.45) is 0 Å². The van der Waals surface area contributed by atoms with Crippen LogP contribution in [0.4, 0.5) is 0 Å². The third-order valence-electron chi connectivity index (χ3n) is 3.49. The van der Waals surface area contributed by atoms with Gasteiger partial charge < -0.3 is 5.11 Å². The minimum atomic E-state index is 0.294. The predicted octanol–water partition coefficient (Wildman–Crippen LogP) is 3.32. The van der Waals surface area contributed by atoms with Gasteiger partial charge in [0.25, 0.3) is 0 Å². The van der Waals surface area contributed by atoms with Gasteiger partial charge in [0, 0.05) is 0 Å². The maximum absolute atomic E-state index is 9.66. The Labute approximate surface area is 117 Å². The Hall–Kier alpha value is -2.49. The summed E-state index contributed by atoms with van der Waals surface area (Å²) < 4.78 is 0. The fraction of sp³-hybridized carbons (Fsp3) is 0.188. The molecule has 0 bridgehead atoms. The second-order valence-electron chi connectivity index (χ2n) is 5.08. The smallest absolute Gasteiger partial charge is 0.138 e. The van der Waals surface area contributed by atoms with Crippen LogP contribution in [0, 0.1) is 20.8 Å². The van der Waals surface area contributed by atoms with Crippen molar-refractivity contribution in [1.29, 1.82) is 0 Å². The second kappa shape index (κ2) is 4.56. The molecule has 1 heterocycles. The average molecular weight is 265 g/mol. The monoisotopic (exact) mass is 265 g/mol. The molecular formula is C16H15N3O. The normalized spacial score (nSPS) is 10.9. The Morgan fingerprint density at radius 3 is 2.30 bits per heavy atom. The first-order valence-corrected chi connectivity index (χ1v) is 6.45. The lowest BCUT2D eigenvalue weighted by Gasteiger charge is -2.12. The van der Waals surface area contributed by atoms with Crippen LogP contribution in [-0.4, -0.2) is 20.3 Å². The zero-order valence-corrected chi connectivity index (χ0v) is 11.7. The minimum absolute atomic E-state index is 0.294. The number of aromatic hydroxyl groups is 1. The first kappa shape index (κ1) is 12.5. The van der Waals surface area contributed by atoms with Crippen molar-refractivity contribution in [2.75, 3.05) is 0 Å². The molecule has 0 fully saturated rings. The molecule has 0 atom stereocenters. The Balaban J connectivity index is 2.30. The summed E-state index contributed by atoms with van der Waals surface area (Å²) in [5, 5.41) is 17.6. The van der Waals surface area contributed by atoms with Crippen molar-refractivity contribution in [3.63, 3.8) is 0 Å². The van der Waals surface area contributed by atoms with E-state index in [4.69, 9.17) is 0 Å². The number of phenolic OH excluding ortho intramolecular Hbond substituents is 1. The van der Waals surface area contributed by atoms with Gasteiger partial charge in [-0.15, -0.1) is 10.2 Å². The number of fused-ring (bicyclic) bond motifs is 1. The maximum Gasteiger partial charge on any atom is 0.138 e. The first-order valence-electron chi connectivity index (χ1n) is 6.45. The van der Waals surface area contributed by atoms with Crippen LogP contribution in [-0.2, 0) is 0 Å². The van der Waals surface area contributed by atoms with Crippen LogP contribution in [0.15, 0.2) is 30.6 Å². The molecule has 100 valence electrons. The summed E-state index contributed by atoms with van der Waals surface area (Å²) in [4.78, 5) is 4.26. The highest BCUT2D eigenvalue weighted by atomic mass is 16.3.